The van der Waals surface area contributed by atoms with Crippen LogP contribution in [0.2, 0.25) is 5.02 Å². The topological polar surface area (TPSA) is 44.1 Å². The SMILES string of the molecule is CCOC(=O)c1ccc(-c2c3ccccc3nn2Cc2ccc(Cl)cc2)cc1. The number of nitrogens with zero attached hydrogens (tertiary/aromatic N) is 2. The van der Waals surface area contributed by atoms with Crippen LogP contribution in [0, 0.1) is 0 Å². The van der Waals surface area contributed by atoms with E-state index in [0.29, 0.717) is 23.7 Å². The van der Waals surface area contributed by atoms with E-state index in [9.17, 15) is 4.79 Å². The van der Waals surface area contributed by atoms with E-state index in [0.717, 1.165) is 27.7 Å². The number of rotatable bonds is 5. The van der Waals surface area contributed by atoms with E-state index in [4.69, 9.17) is 21.4 Å². The molecule has 1 aromatic heterocycles. The molecule has 0 aliphatic heterocycles. The first-order valence-electron chi connectivity index (χ1n) is 9.13. The van der Waals surface area contributed by atoms with E-state index in [1.807, 2.05) is 59.3 Å². The van der Waals surface area contributed by atoms with Gasteiger partial charge in [0.1, 0.15) is 0 Å². The highest BCUT2D eigenvalue weighted by Crippen LogP contribution is 2.30. The summed E-state index contributed by atoms with van der Waals surface area (Å²) in [4.78, 5) is 11.9. The van der Waals surface area contributed by atoms with Crippen LogP contribution in [0.5, 0.6) is 0 Å². The summed E-state index contributed by atoms with van der Waals surface area (Å²) in [5, 5.41) is 6.57. The zero-order chi connectivity index (χ0) is 19.5. The Balaban J connectivity index is 1.76. The summed E-state index contributed by atoms with van der Waals surface area (Å²) in [6.45, 7) is 2.79. The lowest BCUT2D eigenvalue weighted by atomic mass is 10.1. The number of carbonyl (C=O) groups is 1. The molecule has 0 amide bonds. The lowest BCUT2D eigenvalue weighted by Crippen LogP contribution is -2.05. The Morgan fingerprint density at radius 3 is 2.43 bits per heavy atom. The van der Waals surface area contributed by atoms with Crippen molar-refractivity contribution >= 4 is 28.5 Å². The third-order valence-electron chi connectivity index (χ3n) is 4.56. The van der Waals surface area contributed by atoms with Crippen molar-refractivity contribution in [1.82, 2.24) is 9.78 Å². The molecule has 5 heteroatoms. The first kappa shape index (κ1) is 18.3. The number of carbonyl (C=O) groups excluding carboxylic acids is 1. The van der Waals surface area contributed by atoms with Crippen molar-refractivity contribution in [2.45, 2.75) is 13.5 Å². The van der Waals surface area contributed by atoms with Crippen LogP contribution in [0.4, 0.5) is 0 Å². The Morgan fingerprint density at radius 1 is 1.00 bits per heavy atom. The average Bonchev–Trinajstić information content (AvgIpc) is 3.08. The van der Waals surface area contributed by atoms with Crippen LogP contribution in [0.3, 0.4) is 0 Å². The lowest BCUT2D eigenvalue weighted by molar-refractivity contribution is 0.0526. The summed E-state index contributed by atoms with van der Waals surface area (Å²) < 4.78 is 7.07. The van der Waals surface area contributed by atoms with E-state index in [1.54, 1.807) is 19.1 Å². The molecule has 0 aliphatic carbocycles. The number of hydrogen-bond donors (Lipinski definition) is 0. The maximum atomic E-state index is 11.9. The Morgan fingerprint density at radius 2 is 1.71 bits per heavy atom. The second-order valence-corrected chi connectivity index (χ2v) is 6.88. The van der Waals surface area contributed by atoms with Gasteiger partial charge >= 0.3 is 5.97 Å². The van der Waals surface area contributed by atoms with Crippen molar-refractivity contribution in [2.75, 3.05) is 6.61 Å². The Kier molecular flexibility index (Phi) is 5.13. The van der Waals surface area contributed by atoms with E-state index < -0.39 is 0 Å². The fourth-order valence-electron chi connectivity index (χ4n) is 3.24. The third-order valence-corrected chi connectivity index (χ3v) is 4.81. The monoisotopic (exact) mass is 390 g/mol. The number of fused-ring (bicyclic) bond motifs is 1. The standard InChI is InChI=1S/C23H19ClN2O2/c1-2-28-23(27)18-11-9-17(10-12-18)22-20-5-3-4-6-21(20)25-26(22)15-16-7-13-19(24)14-8-16/h3-14H,2,15H2,1H3. The molecule has 0 radical (unpaired) electrons. The van der Waals surface area contributed by atoms with Gasteiger partial charge in [0.05, 0.1) is 29.9 Å². The fraction of sp³-hybridized carbons (Fsp3) is 0.130. The molecule has 140 valence electrons. The van der Waals surface area contributed by atoms with Crippen molar-refractivity contribution in [2.24, 2.45) is 0 Å². The van der Waals surface area contributed by atoms with Crippen LogP contribution in [0.1, 0.15) is 22.8 Å². The number of ether oxygens (including phenoxy) is 1. The Labute approximate surface area is 168 Å². The molecule has 0 unspecified atom stereocenters. The van der Waals surface area contributed by atoms with Gasteiger partial charge in [-0.05, 0) is 42.8 Å². The summed E-state index contributed by atoms with van der Waals surface area (Å²) in [6, 6.07) is 23.3. The first-order chi connectivity index (χ1) is 13.7. The van der Waals surface area contributed by atoms with Gasteiger partial charge < -0.3 is 4.74 Å². The molecule has 28 heavy (non-hydrogen) atoms. The van der Waals surface area contributed by atoms with Crippen molar-refractivity contribution < 1.29 is 9.53 Å². The maximum Gasteiger partial charge on any atom is 0.338 e. The van der Waals surface area contributed by atoms with Gasteiger partial charge in [-0.3, -0.25) is 4.68 Å². The van der Waals surface area contributed by atoms with E-state index in [1.165, 1.54) is 0 Å². The third kappa shape index (κ3) is 3.64. The minimum Gasteiger partial charge on any atom is -0.462 e. The van der Waals surface area contributed by atoms with E-state index in [2.05, 4.69) is 6.07 Å². The van der Waals surface area contributed by atoms with Crippen molar-refractivity contribution in [3.05, 3.63) is 88.9 Å². The van der Waals surface area contributed by atoms with Gasteiger partial charge in [0.2, 0.25) is 0 Å². The summed E-state index contributed by atoms with van der Waals surface area (Å²) >= 11 is 6.01. The van der Waals surface area contributed by atoms with Gasteiger partial charge in [-0.1, -0.05) is 54.1 Å². The number of benzene rings is 3. The quantitative estimate of drug-likeness (QED) is 0.418. The van der Waals surface area contributed by atoms with Crippen molar-refractivity contribution in [1.29, 1.82) is 0 Å². The van der Waals surface area contributed by atoms with Crippen LogP contribution in [0.15, 0.2) is 72.8 Å². The average molecular weight is 391 g/mol. The van der Waals surface area contributed by atoms with Crippen LogP contribution in [-0.4, -0.2) is 22.4 Å². The molecule has 0 spiro atoms. The smallest absolute Gasteiger partial charge is 0.338 e. The van der Waals surface area contributed by atoms with Crippen molar-refractivity contribution in [3.8, 4) is 11.3 Å². The van der Waals surface area contributed by atoms with Crippen LogP contribution in [-0.2, 0) is 11.3 Å². The Bertz CT molecular complexity index is 1120. The maximum absolute atomic E-state index is 11.9. The molecule has 4 aromatic rings. The minimum absolute atomic E-state index is 0.312. The highest BCUT2D eigenvalue weighted by Gasteiger charge is 2.14. The Hall–Kier alpha value is -3.11. The molecule has 4 nitrogen and oxygen atoms in total. The molecule has 0 fully saturated rings. The summed E-state index contributed by atoms with van der Waals surface area (Å²) in [5.74, 6) is -0.312. The van der Waals surface area contributed by atoms with Gasteiger partial charge in [0.25, 0.3) is 0 Å². The largest absolute Gasteiger partial charge is 0.462 e. The molecule has 0 N–H and O–H groups in total. The number of halogens is 1. The fourth-order valence-corrected chi connectivity index (χ4v) is 3.37. The van der Waals surface area contributed by atoms with Gasteiger partial charge in [-0.25, -0.2) is 4.79 Å². The van der Waals surface area contributed by atoms with Gasteiger partial charge in [-0.2, -0.15) is 5.10 Å². The first-order valence-corrected chi connectivity index (χ1v) is 9.51. The summed E-state index contributed by atoms with van der Waals surface area (Å²) in [5.41, 5.74) is 4.60. The van der Waals surface area contributed by atoms with Crippen molar-refractivity contribution in [3.63, 3.8) is 0 Å². The lowest BCUT2D eigenvalue weighted by Gasteiger charge is -2.09. The number of esters is 1. The predicted octanol–water partition coefficient (Wildman–Crippen LogP) is 5.58. The van der Waals surface area contributed by atoms with E-state index >= 15 is 0 Å². The molecule has 0 saturated heterocycles. The molecule has 0 bridgehead atoms. The second kappa shape index (κ2) is 7.87. The molecule has 3 aromatic carbocycles. The predicted molar refractivity (Wildman–Crippen MR) is 112 cm³/mol. The molecule has 0 aliphatic rings. The second-order valence-electron chi connectivity index (χ2n) is 6.45. The zero-order valence-corrected chi connectivity index (χ0v) is 16.2. The minimum atomic E-state index is -0.312. The summed E-state index contributed by atoms with van der Waals surface area (Å²) in [6.07, 6.45) is 0. The highest BCUT2D eigenvalue weighted by molar-refractivity contribution is 6.30. The molecule has 0 atom stereocenters. The summed E-state index contributed by atoms with van der Waals surface area (Å²) in [7, 11) is 0. The zero-order valence-electron chi connectivity index (χ0n) is 15.4. The van der Waals surface area contributed by atoms with Crippen LogP contribution in [0.25, 0.3) is 22.2 Å². The van der Waals surface area contributed by atoms with Crippen LogP contribution < -0.4 is 0 Å². The van der Waals surface area contributed by atoms with Gasteiger partial charge in [0, 0.05) is 16.0 Å². The van der Waals surface area contributed by atoms with Gasteiger partial charge in [0.15, 0.2) is 0 Å². The number of aromatic nitrogens is 2. The molecule has 4 rings (SSSR count). The van der Waals surface area contributed by atoms with Crippen LogP contribution >= 0.6 is 11.6 Å². The van der Waals surface area contributed by atoms with Gasteiger partial charge in [-0.15, -0.1) is 0 Å². The highest BCUT2D eigenvalue weighted by atomic mass is 35.5. The molecule has 1 heterocycles. The molecular formula is C23H19ClN2O2. The molecular weight excluding hydrogens is 372 g/mol. The number of hydrogen-bond acceptors (Lipinski definition) is 3. The normalized spacial score (nSPS) is 10.9. The van der Waals surface area contributed by atoms with E-state index in [-0.39, 0.29) is 5.97 Å². The molecule has 0 saturated carbocycles.